The monoisotopic (exact) mass is 219 g/mol. The molecule has 0 bridgehead atoms. The summed E-state index contributed by atoms with van der Waals surface area (Å²) in [5.41, 5.74) is 1.28. The lowest BCUT2D eigenvalue weighted by molar-refractivity contribution is 0.522. The number of allylic oxidation sites excluding steroid dienone is 1. The van der Waals surface area contributed by atoms with E-state index in [2.05, 4.69) is 35.7 Å². The highest BCUT2D eigenvalue weighted by Gasteiger charge is 2.07. The first-order valence-electron chi connectivity index (χ1n) is 6.30. The first-order chi connectivity index (χ1) is 7.88. The molecule has 1 aromatic rings. The van der Waals surface area contributed by atoms with Crippen molar-refractivity contribution in [2.75, 3.05) is 0 Å². The van der Waals surface area contributed by atoms with Gasteiger partial charge < -0.3 is 5.32 Å². The van der Waals surface area contributed by atoms with E-state index in [0.29, 0.717) is 6.04 Å². The lowest BCUT2D eigenvalue weighted by Crippen LogP contribution is -2.27. The lowest BCUT2D eigenvalue weighted by atomic mass is 10.0. The topological polar surface area (TPSA) is 29.9 Å². The van der Waals surface area contributed by atoms with Crippen LogP contribution in [0.2, 0.25) is 0 Å². The Morgan fingerprint density at radius 2 is 2.50 bits per heavy atom. The third-order valence-corrected chi connectivity index (χ3v) is 2.96. The summed E-state index contributed by atoms with van der Waals surface area (Å²) in [5.74, 6) is 0. The van der Waals surface area contributed by atoms with E-state index in [1.54, 1.807) is 0 Å². The molecule has 0 radical (unpaired) electrons. The van der Waals surface area contributed by atoms with Crippen LogP contribution in [-0.4, -0.2) is 15.8 Å². The number of aryl methyl sites for hydroxylation is 1. The van der Waals surface area contributed by atoms with Crippen LogP contribution in [0.1, 0.15) is 38.2 Å². The fourth-order valence-electron chi connectivity index (χ4n) is 2.08. The predicted molar refractivity (Wildman–Crippen MR) is 66.1 cm³/mol. The summed E-state index contributed by atoms with van der Waals surface area (Å²) in [6.07, 6.45) is 13.6. The van der Waals surface area contributed by atoms with E-state index in [9.17, 15) is 0 Å². The van der Waals surface area contributed by atoms with Gasteiger partial charge in [-0.25, -0.2) is 0 Å². The molecule has 0 amide bonds. The molecule has 88 valence electrons. The van der Waals surface area contributed by atoms with Crippen LogP contribution < -0.4 is 5.32 Å². The number of nitrogens with zero attached hydrogens (tertiary/aromatic N) is 2. The number of rotatable bonds is 5. The van der Waals surface area contributed by atoms with Crippen molar-refractivity contribution in [2.45, 2.75) is 51.7 Å². The molecule has 3 heteroatoms. The first-order valence-corrected chi connectivity index (χ1v) is 6.30. The maximum Gasteiger partial charge on any atom is 0.0534 e. The van der Waals surface area contributed by atoms with E-state index in [-0.39, 0.29) is 0 Å². The van der Waals surface area contributed by atoms with Crippen LogP contribution in [0.5, 0.6) is 0 Å². The van der Waals surface area contributed by atoms with Crippen LogP contribution in [0.25, 0.3) is 0 Å². The standard InChI is InChI=1S/C13H21N3/c1-2-8-16-11-12(10-15-16)9-14-13-6-4-3-5-7-13/h4,6,10-11,13-14H,2-3,5,7-9H2,1H3. The quantitative estimate of drug-likeness (QED) is 0.771. The predicted octanol–water partition coefficient (Wildman–Crippen LogP) is 2.49. The molecule has 1 aliphatic rings. The van der Waals surface area contributed by atoms with Crippen molar-refractivity contribution in [1.82, 2.24) is 15.1 Å². The fourth-order valence-corrected chi connectivity index (χ4v) is 2.08. The van der Waals surface area contributed by atoms with Gasteiger partial charge in [0.25, 0.3) is 0 Å². The SMILES string of the molecule is CCCn1cc(CNC2C=CCCC2)cn1. The largest absolute Gasteiger partial charge is 0.306 e. The average Bonchev–Trinajstić information content (AvgIpc) is 2.76. The molecule has 1 N–H and O–H groups in total. The summed E-state index contributed by atoms with van der Waals surface area (Å²) in [4.78, 5) is 0. The van der Waals surface area contributed by atoms with Crippen LogP contribution in [0.4, 0.5) is 0 Å². The Balaban J connectivity index is 1.79. The van der Waals surface area contributed by atoms with Crippen LogP contribution >= 0.6 is 0 Å². The molecule has 0 aromatic carbocycles. The van der Waals surface area contributed by atoms with Crippen molar-refractivity contribution >= 4 is 0 Å². The van der Waals surface area contributed by atoms with Gasteiger partial charge in [-0.3, -0.25) is 4.68 Å². The summed E-state index contributed by atoms with van der Waals surface area (Å²) >= 11 is 0. The molecule has 0 fully saturated rings. The van der Waals surface area contributed by atoms with E-state index >= 15 is 0 Å². The highest BCUT2D eigenvalue weighted by molar-refractivity contribution is 5.05. The van der Waals surface area contributed by atoms with Crippen LogP contribution in [0.3, 0.4) is 0 Å². The number of hydrogen-bond acceptors (Lipinski definition) is 2. The second-order valence-corrected chi connectivity index (χ2v) is 4.46. The molecule has 1 unspecified atom stereocenters. The van der Waals surface area contributed by atoms with Gasteiger partial charge in [0.2, 0.25) is 0 Å². The van der Waals surface area contributed by atoms with Gasteiger partial charge in [0, 0.05) is 30.9 Å². The van der Waals surface area contributed by atoms with Crippen molar-refractivity contribution in [1.29, 1.82) is 0 Å². The molecule has 1 aromatic heterocycles. The van der Waals surface area contributed by atoms with Gasteiger partial charge in [-0.2, -0.15) is 5.10 Å². The molecule has 0 spiro atoms. The molecular formula is C13H21N3. The van der Waals surface area contributed by atoms with Gasteiger partial charge in [-0.1, -0.05) is 19.1 Å². The number of hydrogen-bond donors (Lipinski definition) is 1. The van der Waals surface area contributed by atoms with Crippen molar-refractivity contribution in [3.8, 4) is 0 Å². The van der Waals surface area contributed by atoms with Gasteiger partial charge in [0.15, 0.2) is 0 Å². The van der Waals surface area contributed by atoms with E-state index < -0.39 is 0 Å². The van der Waals surface area contributed by atoms with Gasteiger partial charge in [-0.05, 0) is 25.7 Å². The molecule has 0 aliphatic heterocycles. The second kappa shape index (κ2) is 5.85. The van der Waals surface area contributed by atoms with Crippen LogP contribution in [-0.2, 0) is 13.1 Å². The van der Waals surface area contributed by atoms with Crippen molar-refractivity contribution in [2.24, 2.45) is 0 Å². The Morgan fingerprint density at radius 1 is 1.56 bits per heavy atom. The minimum Gasteiger partial charge on any atom is -0.306 e. The van der Waals surface area contributed by atoms with Crippen molar-refractivity contribution in [3.63, 3.8) is 0 Å². The second-order valence-electron chi connectivity index (χ2n) is 4.46. The Labute approximate surface area is 97.5 Å². The average molecular weight is 219 g/mol. The molecule has 0 saturated carbocycles. The molecular weight excluding hydrogens is 198 g/mol. The molecule has 3 nitrogen and oxygen atoms in total. The van der Waals surface area contributed by atoms with E-state index in [4.69, 9.17) is 0 Å². The number of aromatic nitrogens is 2. The number of nitrogens with one attached hydrogen (secondary N) is 1. The Morgan fingerprint density at radius 3 is 3.25 bits per heavy atom. The van der Waals surface area contributed by atoms with E-state index in [0.717, 1.165) is 19.5 Å². The molecule has 1 atom stereocenters. The molecule has 1 aliphatic carbocycles. The Bertz CT molecular complexity index is 341. The van der Waals surface area contributed by atoms with Gasteiger partial charge in [-0.15, -0.1) is 0 Å². The van der Waals surface area contributed by atoms with E-state index in [1.165, 1.54) is 24.8 Å². The van der Waals surface area contributed by atoms with Gasteiger partial charge in [0.1, 0.15) is 0 Å². The summed E-state index contributed by atoms with van der Waals surface area (Å²) in [6, 6.07) is 0.559. The lowest BCUT2D eigenvalue weighted by Gasteiger charge is -2.17. The zero-order chi connectivity index (χ0) is 11.2. The Hall–Kier alpha value is -1.09. The minimum atomic E-state index is 0.559. The summed E-state index contributed by atoms with van der Waals surface area (Å²) in [6.45, 7) is 4.12. The highest BCUT2D eigenvalue weighted by atomic mass is 15.3. The molecule has 0 saturated heterocycles. The zero-order valence-electron chi connectivity index (χ0n) is 10.0. The maximum atomic E-state index is 4.33. The third-order valence-electron chi connectivity index (χ3n) is 2.96. The van der Waals surface area contributed by atoms with Crippen LogP contribution in [0.15, 0.2) is 24.5 Å². The first kappa shape index (κ1) is 11.4. The summed E-state index contributed by atoms with van der Waals surface area (Å²) < 4.78 is 2.02. The smallest absolute Gasteiger partial charge is 0.0534 e. The fraction of sp³-hybridized carbons (Fsp3) is 0.615. The van der Waals surface area contributed by atoms with Crippen LogP contribution in [0, 0.1) is 0 Å². The highest BCUT2D eigenvalue weighted by Crippen LogP contribution is 2.10. The van der Waals surface area contributed by atoms with E-state index in [1.807, 2.05) is 10.9 Å². The molecule has 2 rings (SSSR count). The minimum absolute atomic E-state index is 0.559. The van der Waals surface area contributed by atoms with Crippen molar-refractivity contribution < 1.29 is 0 Å². The summed E-state index contributed by atoms with van der Waals surface area (Å²) in [5, 5.41) is 7.88. The van der Waals surface area contributed by atoms with Crippen molar-refractivity contribution in [3.05, 3.63) is 30.1 Å². The zero-order valence-corrected chi connectivity index (χ0v) is 10.0. The Kier molecular flexibility index (Phi) is 4.17. The third kappa shape index (κ3) is 3.20. The van der Waals surface area contributed by atoms with Gasteiger partial charge >= 0.3 is 0 Å². The maximum absolute atomic E-state index is 4.33. The molecule has 16 heavy (non-hydrogen) atoms. The molecule has 1 heterocycles. The summed E-state index contributed by atoms with van der Waals surface area (Å²) in [7, 11) is 0. The van der Waals surface area contributed by atoms with Gasteiger partial charge in [0.05, 0.1) is 6.20 Å². The normalized spacial score (nSPS) is 20.2.